The number of rotatable bonds is 2. The Morgan fingerprint density at radius 1 is 1.33 bits per heavy atom. The van der Waals surface area contributed by atoms with Gasteiger partial charge < -0.3 is 5.11 Å². The summed E-state index contributed by atoms with van der Waals surface area (Å²) in [5, 5.41) is 8.52. The minimum absolute atomic E-state index is 0.403. The molecule has 0 aliphatic carbocycles. The Morgan fingerprint density at radius 3 is 2.80 bits per heavy atom. The maximum atomic E-state index is 12.8. The van der Waals surface area contributed by atoms with Gasteiger partial charge in [-0.3, -0.25) is 4.98 Å². The topological polar surface area (TPSA) is 46.0 Å². The molecule has 0 saturated heterocycles. The van der Waals surface area contributed by atoms with Crippen LogP contribution in [0, 0.1) is 0 Å². The van der Waals surface area contributed by atoms with E-state index < -0.39 is 12.4 Å². The van der Waals surface area contributed by atoms with Gasteiger partial charge in [0.25, 0.3) is 0 Å². The van der Waals surface area contributed by atoms with Gasteiger partial charge in [-0.25, -0.2) is 9.37 Å². The molecular formula is C11H9FN2O. The predicted molar refractivity (Wildman–Crippen MR) is 55.7 cm³/mol. The molecule has 0 unspecified atom stereocenters. The Hall–Kier alpha value is -1.81. The molecule has 0 atom stereocenters. The summed E-state index contributed by atoms with van der Waals surface area (Å²) in [6.45, 7) is -0.617. The summed E-state index contributed by atoms with van der Waals surface area (Å²) in [5.41, 5.74) is 1.87. The Kier molecular flexibility index (Phi) is 2.69. The standard InChI is InChI=1S/C11H9FN2O/c12-8(7-15)5-9-6-13-10-3-1-2-4-11(10)14-9/h1-6,15H,7H2. The molecule has 1 N–H and O–H groups in total. The van der Waals surface area contributed by atoms with Crippen LogP contribution in [0.25, 0.3) is 17.1 Å². The highest BCUT2D eigenvalue weighted by molar-refractivity contribution is 5.74. The molecule has 0 fully saturated rings. The van der Waals surface area contributed by atoms with Crippen molar-refractivity contribution in [2.75, 3.05) is 6.61 Å². The maximum Gasteiger partial charge on any atom is 0.127 e. The van der Waals surface area contributed by atoms with E-state index in [2.05, 4.69) is 9.97 Å². The first-order chi connectivity index (χ1) is 7.29. The molecule has 0 bridgehead atoms. The smallest absolute Gasteiger partial charge is 0.127 e. The molecule has 0 radical (unpaired) electrons. The first kappa shape index (κ1) is 9.73. The van der Waals surface area contributed by atoms with Gasteiger partial charge in [0.15, 0.2) is 0 Å². The van der Waals surface area contributed by atoms with Gasteiger partial charge in [-0.15, -0.1) is 0 Å². The molecule has 0 aliphatic rings. The number of hydrogen-bond donors (Lipinski definition) is 1. The van der Waals surface area contributed by atoms with Gasteiger partial charge >= 0.3 is 0 Å². The second kappa shape index (κ2) is 4.14. The van der Waals surface area contributed by atoms with Crippen LogP contribution >= 0.6 is 0 Å². The second-order valence-electron chi connectivity index (χ2n) is 3.03. The van der Waals surface area contributed by atoms with Crippen LogP contribution in [-0.2, 0) is 0 Å². The predicted octanol–water partition coefficient (Wildman–Crippen LogP) is 1.93. The van der Waals surface area contributed by atoms with Crippen molar-refractivity contribution in [2.24, 2.45) is 0 Å². The van der Waals surface area contributed by atoms with E-state index >= 15 is 0 Å². The highest BCUT2D eigenvalue weighted by atomic mass is 19.1. The average molecular weight is 204 g/mol. The van der Waals surface area contributed by atoms with Crippen molar-refractivity contribution in [3.63, 3.8) is 0 Å². The van der Waals surface area contributed by atoms with Crippen LogP contribution in [0.5, 0.6) is 0 Å². The van der Waals surface area contributed by atoms with Crippen LogP contribution in [0.15, 0.2) is 36.3 Å². The number of hydrogen-bond acceptors (Lipinski definition) is 3. The van der Waals surface area contributed by atoms with E-state index in [9.17, 15) is 4.39 Å². The van der Waals surface area contributed by atoms with Crippen molar-refractivity contribution in [3.05, 3.63) is 42.0 Å². The summed E-state index contributed by atoms with van der Waals surface area (Å²) in [6, 6.07) is 7.34. The van der Waals surface area contributed by atoms with Gasteiger partial charge in [0.2, 0.25) is 0 Å². The van der Waals surface area contributed by atoms with Gasteiger partial charge in [-0.05, 0) is 18.2 Å². The molecule has 1 heterocycles. The van der Waals surface area contributed by atoms with E-state index in [1.165, 1.54) is 12.3 Å². The molecule has 4 heteroatoms. The van der Waals surface area contributed by atoms with Gasteiger partial charge in [0, 0.05) is 0 Å². The molecule has 2 rings (SSSR count). The zero-order valence-corrected chi connectivity index (χ0v) is 7.89. The van der Waals surface area contributed by atoms with Crippen molar-refractivity contribution < 1.29 is 9.50 Å². The third-order valence-corrected chi connectivity index (χ3v) is 1.92. The Bertz CT molecular complexity index is 511. The fourth-order valence-corrected chi connectivity index (χ4v) is 1.25. The number of aromatic nitrogens is 2. The summed E-state index contributed by atoms with van der Waals surface area (Å²) in [5.74, 6) is -0.625. The third-order valence-electron chi connectivity index (χ3n) is 1.92. The molecule has 2 aromatic rings. The zero-order chi connectivity index (χ0) is 10.7. The number of halogens is 1. The molecule has 0 amide bonds. The van der Waals surface area contributed by atoms with Gasteiger partial charge in [0.05, 0.1) is 29.5 Å². The quantitative estimate of drug-likeness (QED) is 0.813. The Labute approximate surface area is 85.9 Å². The molecule has 0 spiro atoms. The summed E-state index contributed by atoms with van der Waals surface area (Å²) < 4.78 is 12.8. The van der Waals surface area contributed by atoms with E-state index in [1.807, 2.05) is 18.2 Å². The first-order valence-corrected chi connectivity index (χ1v) is 4.48. The number of para-hydroxylation sites is 2. The SMILES string of the molecule is OCC(F)=Cc1cnc2ccccc2n1. The van der Waals surface area contributed by atoms with E-state index in [-0.39, 0.29) is 0 Å². The average Bonchev–Trinajstić information content (AvgIpc) is 2.29. The molecular weight excluding hydrogens is 195 g/mol. The van der Waals surface area contributed by atoms with E-state index in [0.29, 0.717) is 11.2 Å². The van der Waals surface area contributed by atoms with Crippen molar-refractivity contribution >= 4 is 17.1 Å². The van der Waals surface area contributed by atoms with E-state index in [0.717, 1.165) is 5.52 Å². The monoisotopic (exact) mass is 204 g/mol. The number of aliphatic hydroxyl groups excluding tert-OH is 1. The van der Waals surface area contributed by atoms with Crippen LogP contribution in [-0.4, -0.2) is 21.7 Å². The minimum Gasteiger partial charge on any atom is -0.389 e. The van der Waals surface area contributed by atoms with Crippen LogP contribution in [0.2, 0.25) is 0 Å². The number of fused-ring (bicyclic) bond motifs is 1. The first-order valence-electron chi connectivity index (χ1n) is 4.48. The second-order valence-corrected chi connectivity index (χ2v) is 3.03. The summed E-state index contributed by atoms with van der Waals surface area (Å²) in [6.07, 6.45) is 2.64. The van der Waals surface area contributed by atoms with Crippen molar-refractivity contribution in [2.45, 2.75) is 0 Å². The van der Waals surface area contributed by atoms with Crippen LogP contribution in [0.1, 0.15) is 5.69 Å². The Morgan fingerprint density at radius 2 is 2.07 bits per heavy atom. The molecule has 76 valence electrons. The molecule has 0 saturated carbocycles. The number of benzene rings is 1. The molecule has 0 aliphatic heterocycles. The minimum atomic E-state index is -0.625. The summed E-state index contributed by atoms with van der Waals surface area (Å²) in [7, 11) is 0. The van der Waals surface area contributed by atoms with E-state index in [4.69, 9.17) is 5.11 Å². The fourth-order valence-electron chi connectivity index (χ4n) is 1.25. The molecule has 1 aromatic heterocycles. The van der Waals surface area contributed by atoms with Crippen LogP contribution in [0.4, 0.5) is 4.39 Å². The van der Waals surface area contributed by atoms with Gasteiger partial charge in [-0.1, -0.05) is 12.1 Å². The van der Waals surface area contributed by atoms with Gasteiger partial charge in [0.1, 0.15) is 5.83 Å². The highest BCUT2D eigenvalue weighted by Crippen LogP contribution is 2.10. The lowest BCUT2D eigenvalue weighted by Gasteiger charge is -1.97. The largest absolute Gasteiger partial charge is 0.389 e. The Balaban J connectivity index is 2.47. The summed E-state index contributed by atoms with van der Waals surface area (Å²) in [4.78, 5) is 8.29. The molecule has 3 nitrogen and oxygen atoms in total. The van der Waals surface area contributed by atoms with Crippen molar-refractivity contribution in [3.8, 4) is 0 Å². The van der Waals surface area contributed by atoms with Crippen LogP contribution in [0.3, 0.4) is 0 Å². The fraction of sp³-hybridized carbons (Fsp3) is 0.0909. The summed E-state index contributed by atoms with van der Waals surface area (Å²) >= 11 is 0. The molecule has 1 aromatic carbocycles. The normalized spacial score (nSPS) is 12.0. The lowest BCUT2D eigenvalue weighted by Crippen LogP contribution is -1.89. The van der Waals surface area contributed by atoms with Crippen molar-refractivity contribution in [1.82, 2.24) is 9.97 Å². The lowest BCUT2D eigenvalue weighted by atomic mass is 10.3. The highest BCUT2D eigenvalue weighted by Gasteiger charge is 1.98. The molecule has 15 heavy (non-hydrogen) atoms. The number of aliphatic hydroxyl groups is 1. The third kappa shape index (κ3) is 2.16. The maximum absolute atomic E-state index is 12.8. The number of nitrogens with zero attached hydrogens (tertiary/aromatic N) is 2. The van der Waals surface area contributed by atoms with Crippen molar-refractivity contribution in [1.29, 1.82) is 0 Å². The lowest BCUT2D eigenvalue weighted by molar-refractivity contribution is 0.300. The van der Waals surface area contributed by atoms with E-state index in [1.54, 1.807) is 6.07 Å². The van der Waals surface area contributed by atoms with Gasteiger partial charge in [-0.2, -0.15) is 0 Å². The zero-order valence-electron chi connectivity index (χ0n) is 7.89. The van der Waals surface area contributed by atoms with Crippen LogP contribution < -0.4 is 0 Å².